The number of Topliss-reactive ketones (excluding diaryl/α,β-unsaturated/α-hetero) is 1. The van der Waals surface area contributed by atoms with Crippen LogP contribution in [-0.2, 0) is 9.53 Å². The van der Waals surface area contributed by atoms with Crippen molar-refractivity contribution >= 4 is 17.4 Å². The average Bonchev–Trinajstić information content (AvgIpc) is 3.07. The van der Waals surface area contributed by atoms with Crippen LogP contribution < -0.4 is 0 Å². The zero-order chi connectivity index (χ0) is 12.4. The fourth-order valence-electron chi connectivity index (χ4n) is 5.26. The molecule has 2 nitrogen and oxygen atoms in total. The molecule has 0 amide bonds. The number of alkyl halides is 1. The third kappa shape index (κ3) is 1.68. The second kappa shape index (κ2) is 3.73. The Morgan fingerprint density at radius 1 is 1.11 bits per heavy atom. The quantitative estimate of drug-likeness (QED) is 0.579. The molecular formula is C15H21ClO2. The molecule has 0 spiro atoms. The highest BCUT2D eigenvalue weighted by Crippen LogP contribution is 2.61. The van der Waals surface area contributed by atoms with E-state index in [2.05, 4.69) is 0 Å². The number of halogens is 1. The maximum Gasteiger partial charge on any atom is 0.142 e. The topological polar surface area (TPSA) is 29.6 Å². The highest BCUT2D eigenvalue weighted by molar-refractivity contribution is 6.19. The van der Waals surface area contributed by atoms with Gasteiger partial charge in [0.1, 0.15) is 11.4 Å². The lowest BCUT2D eigenvalue weighted by Crippen LogP contribution is -2.50. The van der Waals surface area contributed by atoms with Crippen molar-refractivity contribution in [2.75, 3.05) is 12.5 Å². The first kappa shape index (κ1) is 11.7. The minimum Gasteiger partial charge on any atom is -0.368 e. The lowest BCUT2D eigenvalue weighted by Gasteiger charge is -2.56. The van der Waals surface area contributed by atoms with Crippen molar-refractivity contribution in [3.8, 4) is 0 Å². The van der Waals surface area contributed by atoms with Crippen LogP contribution in [0.4, 0.5) is 0 Å². The molecule has 1 aliphatic heterocycles. The van der Waals surface area contributed by atoms with Crippen LogP contribution in [0.2, 0.25) is 0 Å². The van der Waals surface area contributed by atoms with Gasteiger partial charge in [-0.25, -0.2) is 0 Å². The third-order valence-electron chi connectivity index (χ3n) is 5.91. The Bertz CT molecular complexity index is 351. The van der Waals surface area contributed by atoms with Gasteiger partial charge in [0.15, 0.2) is 0 Å². The molecule has 4 aliphatic carbocycles. The molecule has 0 N–H and O–H groups in total. The van der Waals surface area contributed by atoms with E-state index in [-0.39, 0.29) is 11.0 Å². The fraction of sp³-hybridized carbons (Fsp3) is 0.933. The Morgan fingerprint density at radius 2 is 1.61 bits per heavy atom. The number of hydrogen-bond donors (Lipinski definition) is 0. The van der Waals surface area contributed by atoms with Crippen molar-refractivity contribution in [3.05, 3.63) is 0 Å². The van der Waals surface area contributed by atoms with Crippen molar-refractivity contribution < 1.29 is 9.53 Å². The van der Waals surface area contributed by atoms with Gasteiger partial charge in [0.25, 0.3) is 0 Å². The second-order valence-corrected chi connectivity index (χ2v) is 7.67. The average molecular weight is 269 g/mol. The van der Waals surface area contributed by atoms with Crippen LogP contribution in [0.1, 0.15) is 44.9 Å². The van der Waals surface area contributed by atoms with E-state index in [9.17, 15) is 4.79 Å². The molecule has 18 heavy (non-hydrogen) atoms. The molecule has 5 fully saturated rings. The molecule has 5 aliphatic rings. The van der Waals surface area contributed by atoms with Crippen LogP contribution in [0, 0.1) is 23.2 Å². The number of ether oxygens (including phenoxy) is 1. The molecule has 4 saturated carbocycles. The molecule has 100 valence electrons. The predicted molar refractivity (Wildman–Crippen MR) is 69.6 cm³/mol. The van der Waals surface area contributed by atoms with E-state index in [4.69, 9.17) is 16.3 Å². The normalized spacial score (nSPS) is 52.6. The van der Waals surface area contributed by atoms with Crippen LogP contribution in [0.3, 0.4) is 0 Å². The predicted octanol–water partition coefficient (Wildman–Crippen LogP) is 3.17. The molecule has 0 aromatic rings. The van der Waals surface area contributed by atoms with E-state index >= 15 is 0 Å². The summed E-state index contributed by atoms with van der Waals surface area (Å²) in [4.78, 5) is 12.8. The Hall–Kier alpha value is -0.0800. The minimum atomic E-state index is -0.276. The summed E-state index contributed by atoms with van der Waals surface area (Å²) in [6.07, 6.45) is 8.24. The van der Waals surface area contributed by atoms with Crippen LogP contribution in [-0.4, -0.2) is 23.9 Å². The Balaban J connectivity index is 1.54. The first-order chi connectivity index (χ1) is 8.63. The summed E-state index contributed by atoms with van der Waals surface area (Å²) in [6.45, 7) is 0.689. The van der Waals surface area contributed by atoms with Gasteiger partial charge in [-0.05, 0) is 56.3 Å². The van der Waals surface area contributed by atoms with Gasteiger partial charge < -0.3 is 4.74 Å². The Morgan fingerprint density at radius 3 is 2.00 bits per heavy atom. The Labute approximate surface area is 113 Å². The first-order valence-electron chi connectivity index (χ1n) is 7.36. The summed E-state index contributed by atoms with van der Waals surface area (Å²) >= 11 is 5.93. The van der Waals surface area contributed by atoms with Gasteiger partial charge in [0.2, 0.25) is 0 Å². The molecule has 1 unspecified atom stereocenters. The highest BCUT2D eigenvalue weighted by atomic mass is 35.5. The summed E-state index contributed by atoms with van der Waals surface area (Å²) in [5, 5.41) is 0. The van der Waals surface area contributed by atoms with Gasteiger partial charge in [-0.1, -0.05) is 0 Å². The van der Waals surface area contributed by atoms with Crippen LogP contribution in [0.25, 0.3) is 0 Å². The van der Waals surface area contributed by atoms with Crippen LogP contribution in [0.15, 0.2) is 0 Å². The maximum atomic E-state index is 12.8. The summed E-state index contributed by atoms with van der Waals surface area (Å²) < 4.78 is 5.43. The van der Waals surface area contributed by atoms with E-state index in [1.54, 1.807) is 0 Å². The SMILES string of the molecule is O=C(CC1(CCl)CO1)C12CC3CC(CC(C3)C1)C2. The first-order valence-corrected chi connectivity index (χ1v) is 7.90. The zero-order valence-electron chi connectivity index (χ0n) is 10.8. The lowest BCUT2D eigenvalue weighted by molar-refractivity contribution is -0.144. The molecule has 0 aromatic heterocycles. The molecule has 3 heteroatoms. The summed E-state index contributed by atoms with van der Waals surface area (Å²) in [7, 11) is 0. The van der Waals surface area contributed by atoms with E-state index < -0.39 is 0 Å². The number of hydrogen-bond acceptors (Lipinski definition) is 2. The van der Waals surface area contributed by atoms with E-state index in [1.165, 1.54) is 19.3 Å². The molecule has 5 rings (SSSR count). The number of carbonyl (C=O) groups excluding carboxylic acids is 1. The van der Waals surface area contributed by atoms with Crippen molar-refractivity contribution in [3.63, 3.8) is 0 Å². The zero-order valence-corrected chi connectivity index (χ0v) is 11.5. The van der Waals surface area contributed by atoms with E-state index in [1.807, 2.05) is 0 Å². The second-order valence-electron chi connectivity index (χ2n) is 7.40. The van der Waals surface area contributed by atoms with Crippen molar-refractivity contribution in [1.82, 2.24) is 0 Å². The number of epoxide rings is 1. The summed E-state index contributed by atoms with van der Waals surface area (Å²) in [5.41, 5.74) is -0.248. The fourth-order valence-corrected chi connectivity index (χ4v) is 5.51. The molecular weight excluding hydrogens is 248 g/mol. The number of carbonyl (C=O) groups is 1. The van der Waals surface area contributed by atoms with Crippen molar-refractivity contribution in [1.29, 1.82) is 0 Å². The third-order valence-corrected chi connectivity index (χ3v) is 6.40. The minimum absolute atomic E-state index is 0.0275. The van der Waals surface area contributed by atoms with Gasteiger partial charge in [0.05, 0.1) is 12.5 Å². The molecule has 1 saturated heterocycles. The largest absolute Gasteiger partial charge is 0.368 e. The highest BCUT2D eigenvalue weighted by Gasteiger charge is 2.57. The van der Waals surface area contributed by atoms with Gasteiger partial charge >= 0.3 is 0 Å². The number of ketones is 1. The smallest absolute Gasteiger partial charge is 0.142 e. The maximum absolute atomic E-state index is 12.8. The van der Waals surface area contributed by atoms with Crippen molar-refractivity contribution in [2.45, 2.75) is 50.5 Å². The number of rotatable bonds is 4. The van der Waals surface area contributed by atoms with Gasteiger partial charge in [-0.2, -0.15) is 0 Å². The van der Waals surface area contributed by atoms with Gasteiger partial charge in [0, 0.05) is 11.8 Å². The molecule has 1 heterocycles. The monoisotopic (exact) mass is 268 g/mol. The lowest BCUT2D eigenvalue weighted by atomic mass is 9.48. The summed E-state index contributed by atoms with van der Waals surface area (Å²) in [6, 6.07) is 0. The molecule has 4 bridgehead atoms. The molecule has 0 aromatic carbocycles. The van der Waals surface area contributed by atoms with Crippen LogP contribution in [0.5, 0.6) is 0 Å². The van der Waals surface area contributed by atoms with E-state index in [0.29, 0.717) is 24.7 Å². The standard InChI is InChI=1S/C15H21ClO2/c16-8-15(9-18-15)7-13(17)14-4-10-1-11(5-14)3-12(2-10)6-14/h10-12H,1-9H2. The van der Waals surface area contributed by atoms with Gasteiger partial charge in [-0.3, -0.25) is 4.79 Å². The van der Waals surface area contributed by atoms with Crippen LogP contribution >= 0.6 is 11.6 Å². The van der Waals surface area contributed by atoms with E-state index in [0.717, 1.165) is 37.0 Å². The Kier molecular flexibility index (Phi) is 2.43. The van der Waals surface area contributed by atoms with Gasteiger partial charge in [-0.15, -0.1) is 11.6 Å². The summed E-state index contributed by atoms with van der Waals surface area (Å²) in [5.74, 6) is 3.47. The molecule has 1 atom stereocenters. The molecule has 0 radical (unpaired) electrons. The van der Waals surface area contributed by atoms with Crippen molar-refractivity contribution in [2.24, 2.45) is 23.2 Å².